The molecule has 5 heteroatoms. The highest BCUT2D eigenvalue weighted by atomic mass is 32.2. The zero-order valence-corrected chi connectivity index (χ0v) is 13.3. The van der Waals surface area contributed by atoms with Gasteiger partial charge in [-0.05, 0) is 38.8 Å². The summed E-state index contributed by atoms with van der Waals surface area (Å²) in [6.45, 7) is 6.49. The van der Waals surface area contributed by atoms with Crippen molar-refractivity contribution in [2.45, 2.75) is 57.9 Å². The lowest BCUT2D eigenvalue weighted by molar-refractivity contribution is 0.0990. The van der Waals surface area contributed by atoms with E-state index in [1.54, 1.807) is 6.92 Å². The summed E-state index contributed by atoms with van der Waals surface area (Å²) in [4.78, 5) is 2.46. The molecule has 4 nitrogen and oxygen atoms in total. The number of rotatable bonds is 9. The quantitative estimate of drug-likeness (QED) is 0.703. The third-order valence-electron chi connectivity index (χ3n) is 4.40. The van der Waals surface area contributed by atoms with Gasteiger partial charge in [-0.3, -0.25) is 4.90 Å². The lowest BCUT2D eigenvalue weighted by Crippen LogP contribution is -2.52. The van der Waals surface area contributed by atoms with Gasteiger partial charge >= 0.3 is 0 Å². The molecule has 0 aliphatic heterocycles. The Hall–Kier alpha value is -0.130. The van der Waals surface area contributed by atoms with Gasteiger partial charge in [0.1, 0.15) is 9.84 Å². The Bertz CT molecular complexity index is 348. The van der Waals surface area contributed by atoms with Crippen molar-refractivity contribution in [2.24, 2.45) is 5.73 Å². The van der Waals surface area contributed by atoms with Gasteiger partial charge in [-0.1, -0.05) is 26.7 Å². The van der Waals surface area contributed by atoms with Crippen LogP contribution >= 0.6 is 0 Å². The van der Waals surface area contributed by atoms with E-state index in [4.69, 9.17) is 5.73 Å². The fraction of sp³-hybridized carbons (Fsp3) is 1.00. The van der Waals surface area contributed by atoms with Crippen molar-refractivity contribution in [2.75, 3.05) is 31.1 Å². The lowest BCUT2D eigenvalue weighted by Gasteiger charge is -2.40. The molecule has 0 bridgehead atoms. The van der Waals surface area contributed by atoms with Gasteiger partial charge in [-0.15, -0.1) is 0 Å². The molecule has 1 aliphatic rings. The second-order valence-electron chi connectivity index (χ2n) is 5.71. The molecule has 1 saturated carbocycles. The molecule has 0 aromatic rings. The molecule has 0 unspecified atom stereocenters. The van der Waals surface area contributed by atoms with Gasteiger partial charge in [0.2, 0.25) is 0 Å². The summed E-state index contributed by atoms with van der Waals surface area (Å²) in [7, 11) is -2.84. The van der Waals surface area contributed by atoms with Crippen LogP contribution < -0.4 is 5.73 Å². The molecule has 0 heterocycles. The summed E-state index contributed by atoms with van der Waals surface area (Å²) >= 11 is 0. The van der Waals surface area contributed by atoms with Crippen molar-refractivity contribution in [3.8, 4) is 0 Å². The van der Waals surface area contributed by atoms with Crippen LogP contribution in [0.3, 0.4) is 0 Å². The molecule has 2 N–H and O–H groups in total. The van der Waals surface area contributed by atoms with E-state index < -0.39 is 9.84 Å². The Morgan fingerprint density at radius 3 is 2.26 bits per heavy atom. The predicted molar refractivity (Wildman–Crippen MR) is 81.1 cm³/mol. The first-order chi connectivity index (χ1) is 8.99. The molecule has 0 aromatic carbocycles. The van der Waals surface area contributed by atoms with Crippen LogP contribution in [0.1, 0.15) is 52.4 Å². The first kappa shape index (κ1) is 16.9. The highest BCUT2D eigenvalue weighted by Gasteiger charge is 2.37. The predicted octanol–water partition coefficient (Wildman–Crippen LogP) is 1.79. The first-order valence-corrected chi connectivity index (χ1v) is 9.47. The van der Waals surface area contributed by atoms with Crippen molar-refractivity contribution >= 4 is 9.84 Å². The standard InChI is InChI=1S/C14H30N2O2S/c1-3-10-16(11-7-12-19(17,18)4-2)14(13-15)8-5-6-9-14/h3-13,15H2,1-2H3. The van der Waals surface area contributed by atoms with Gasteiger partial charge in [0.05, 0.1) is 5.75 Å². The number of hydrogen-bond donors (Lipinski definition) is 1. The second-order valence-corrected chi connectivity index (χ2v) is 8.19. The van der Waals surface area contributed by atoms with Crippen molar-refractivity contribution < 1.29 is 8.42 Å². The van der Waals surface area contributed by atoms with Crippen LogP contribution in [0.25, 0.3) is 0 Å². The Kier molecular flexibility index (Phi) is 6.77. The normalized spacial score (nSPS) is 19.2. The smallest absolute Gasteiger partial charge is 0.150 e. The molecule has 0 saturated heterocycles. The largest absolute Gasteiger partial charge is 0.329 e. The van der Waals surface area contributed by atoms with Gasteiger partial charge < -0.3 is 5.73 Å². The maximum absolute atomic E-state index is 11.6. The highest BCUT2D eigenvalue weighted by molar-refractivity contribution is 7.91. The zero-order valence-electron chi connectivity index (χ0n) is 12.5. The Morgan fingerprint density at radius 1 is 1.16 bits per heavy atom. The summed E-state index contributed by atoms with van der Waals surface area (Å²) in [5.41, 5.74) is 6.17. The molecular weight excluding hydrogens is 260 g/mol. The molecule has 114 valence electrons. The molecule has 0 spiro atoms. The summed E-state index contributed by atoms with van der Waals surface area (Å²) in [6, 6.07) is 0. The Balaban J connectivity index is 2.57. The van der Waals surface area contributed by atoms with E-state index in [0.29, 0.717) is 12.3 Å². The van der Waals surface area contributed by atoms with Crippen LogP contribution in [0.4, 0.5) is 0 Å². The molecule has 0 amide bonds. The minimum Gasteiger partial charge on any atom is -0.329 e. The van der Waals surface area contributed by atoms with E-state index >= 15 is 0 Å². The van der Waals surface area contributed by atoms with Crippen LogP contribution in [0.2, 0.25) is 0 Å². The average Bonchev–Trinajstić information content (AvgIpc) is 2.87. The van der Waals surface area contributed by atoms with Crippen LogP contribution in [0.5, 0.6) is 0 Å². The summed E-state index contributed by atoms with van der Waals surface area (Å²) < 4.78 is 23.1. The average molecular weight is 290 g/mol. The monoisotopic (exact) mass is 290 g/mol. The molecule has 19 heavy (non-hydrogen) atoms. The third-order valence-corrected chi connectivity index (χ3v) is 6.19. The molecule has 0 atom stereocenters. The van der Waals surface area contributed by atoms with E-state index in [1.807, 2.05) is 0 Å². The van der Waals surface area contributed by atoms with Gasteiger partial charge in [0, 0.05) is 17.8 Å². The Morgan fingerprint density at radius 2 is 1.79 bits per heavy atom. The maximum atomic E-state index is 11.6. The number of sulfone groups is 1. The minimum atomic E-state index is -2.84. The minimum absolute atomic E-state index is 0.145. The van der Waals surface area contributed by atoms with Gasteiger partial charge in [-0.2, -0.15) is 0 Å². The van der Waals surface area contributed by atoms with E-state index in [2.05, 4.69) is 11.8 Å². The van der Waals surface area contributed by atoms with Crippen molar-refractivity contribution in [3.63, 3.8) is 0 Å². The molecule has 1 fully saturated rings. The molecule has 1 aliphatic carbocycles. The lowest BCUT2D eigenvalue weighted by atomic mass is 9.94. The van der Waals surface area contributed by atoms with Gasteiger partial charge in [0.25, 0.3) is 0 Å². The van der Waals surface area contributed by atoms with Crippen LogP contribution in [-0.4, -0.2) is 50.0 Å². The van der Waals surface area contributed by atoms with Crippen molar-refractivity contribution in [1.82, 2.24) is 4.90 Å². The number of nitrogens with two attached hydrogens (primary N) is 1. The van der Waals surface area contributed by atoms with Gasteiger partial charge in [0.15, 0.2) is 0 Å². The van der Waals surface area contributed by atoms with Crippen LogP contribution in [-0.2, 0) is 9.84 Å². The zero-order chi connectivity index (χ0) is 14.4. The van der Waals surface area contributed by atoms with Crippen LogP contribution in [0, 0.1) is 0 Å². The molecule has 1 rings (SSSR count). The molecular formula is C14H30N2O2S. The van der Waals surface area contributed by atoms with Crippen molar-refractivity contribution in [3.05, 3.63) is 0 Å². The van der Waals surface area contributed by atoms with E-state index in [1.165, 1.54) is 25.7 Å². The van der Waals surface area contributed by atoms with Gasteiger partial charge in [-0.25, -0.2) is 8.42 Å². The number of hydrogen-bond acceptors (Lipinski definition) is 4. The van der Waals surface area contributed by atoms with Crippen LogP contribution in [0.15, 0.2) is 0 Å². The summed E-state index contributed by atoms with van der Waals surface area (Å²) in [5.74, 6) is 0.563. The second kappa shape index (κ2) is 7.60. The SMILES string of the molecule is CCCN(CCCS(=O)(=O)CC)C1(CN)CCCC1. The topological polar surface area (TPSA) is 63.4 Å². The fourth-order valence-corrected chi connectivity index (χ4v) is 4.02. The third kappa shape index (κ3) is 4.72. The fourth-order valence-electron chi connectivity index (χ4n) is 3.16. The summed E-state index contributed by atoms with van der Waals surface area (Å²) in [5, 5.41) is 0. The van der Waals surface area contributed by atoms with E-state index in [9.17, 15) is 8.42 Å². The molecule has 0 radical (unpaired) electrons. The highest BCUT2D eigenvalue weighted by Crippen LogP contribution is 2.34. The number of nitrogens with zero attached hydrogens (tertiary/aromatic N) is 1. The van der Waals surface area contributed by atoms with Crippen molar-refractivity contribution in [1.29, 1.82) is 0 Å². The Labute approximate surface area is 118 Å². The summed E-state index contributed by atoms with van der Waals surface area (Å²) in [6.07, 6.45) is 6.68. The molecule has 0 aromatic heterocycles. The van der Waals surface area contributed by atoms with E-state index in [-0.39, 0.29) is 11.3 Å². The maximum Gasteiger partial charge on any atom is 0.150 e. The first-order valence-electron chi connectivity index (χ1n) is 7.65. The van der Waals surface area contributed by atoms with E-state index in [0.717, 1.165) is 25.9 Å².